The summed E-state index contributed by atoms with van der Waals surface area (Å²) in [6.07, 6.45) is 4.46. The minimum Gasteiger partial charge on any atom is -0.437 e. The van der Waals surface area contributed by atoms with Gasteiger partial charge < -0.3 is 9.73 Å². The first-order valence-electron chi connectivity index (χ1n) is 8.47. The molecule has 4 rings (SSSR count). The van der Waals surface area contributed by atoms with Gasteiger partial charge in [-0.05, 0) is 43.2 Å². The molecule has 138 valence electrons. The maximum atomic E-state index is 12.3. The van der Waals surface area contributed by atoms with E-state index in [1.54, 1.807) is 18.2 Å². The van der Waals surface area contributed by atoms with Crippen LogP contribution in [0.4, 0.5) is 5.69 Å². The molecular formula is C19H17N3O4S. The number of nitrogens with zero attached hydrogens (tertiary/aromatic N) is 1. The van der Waals surface area contributed by atoms with Crippen LogP contribution >= 0.6 is 0 Å². The van der Waals surface area contributed by atoms with Crippen LogP contribution < -0.4 is 10.0 Å². The molecule has 1 aliphatic rings. The van der Waals surface area contributed by atoms with Gasteiger partial charge in [0.05, 0.1) is 4.90 Å². The van der Waals surface area contributed by atoms with Crippen molar-refractivity contribution in [2.45, 2.75) is 23.8 Å². The number of benzene rings is 2. The lowest BCUT2D eigenvalue weighted by Crippen LogP contribution is -2.25. The van der Waals surface area contributed by atoms with Gasteiger partial charge in [0.25, 0.3) is 0 Å². The zero-order valence-electron chi connectivity index (χ0n) is 14.3. The van der Waals surface area contributed by atoms with E-state index in [0.717, 1.165) is 12.8 Å². The van der Waals surface area contributed by atoms with Crippen LogP contribution in [0.5, 0.6) is 0 Å². The number of fused-ring (bicyclic) bond motifs is 1. The lowest BCUT2D eigenvalue weighted by Gasteiger charge is -2.08. The van der Waals surface area contributed by atoms with E-state index in [-0.39, 0.29) is 10.9 Å². The molecule has 0 bridgehead atoms. The Balaban J connectivity index is 1.45. The first-order valence-corrected chi connectivity index (χ1v) is 9.95. The van der Waals surface area contributed by atoms with Gasteiger partial charge in [-0.3, -0.25) is 4.79 Å². The maximum absolute atomic E-state index is 12.3. The molecule has 27 heavy (non-hydrogen) atoms. The van der Waals surface area contributed by atoms with E-state index >= 15 is 0 Å². The second-order valence-corrected chi connectivity index (χ2v) is 7.98. The number of amides is 1. The van der Waals surface area contributed by atoms with Crippen molar-refractivity contribution < 1.29 is 17.6 Å². The van der Waals surface area contributed by atoms with Crippen molar-refractivity contribution in [3.8, 4) is 0 Å². The Labute approximate surface area is 156 Å². The van der Waals surface area contributed by atoms with Gasteiger partial charge in [-0.1, -0.05) is 18.2 Å². The van der Waals surface area contributed by atoms with Crippen LogP contribution in [0.25, 0.3) is 17.2 Å². The van der Waals surface area contributed by atoms with Crippen molar-refractivity contribution in [1.82, 2.24) is 9.71 Å². The number of oxazole rings is 1. The number of nitrogens with one attached hydrogen (secondary N) is 2. The molecule has 2 N–H and O–H groups in total. The second kappa shape index (κ2) is 6.98. The average Bonchev–Trinajstić information content (AvgIpc) is 3.34. The molecular weight excluding hydrogens is 366 g/mol. The van der Waals surface area contributed by atoms with Crippen molar-refractivity contribution in [2.75, 3.05) is 5.32 Å². The lowest BCUT2D eigenvalue weighted by atomic mass is 10.3. The number of carbonyl (C=O) groups excluding carboxylic acids is 1. The van der Waals surface area contributed by atoms with E-state index in [9.17, 15) is 13.2 Å². The van der Waals surface area contributed by atoms with Crippen LogP contribution in [-0.4, -0.2) is 25.4 Å². The van der Waals surface area contributed by atoms with Crippen LogP contribution in [0, 0.1) is 0 Å². The van der Waals surface area contributed by atoms with Crippen LogP contribution in [-0.2, 0) is 14.8 Å². The number of aromatic nitrogens is 1. The summed E-state index contributed by atoms with van der Waals surface area (Å²) in [4.78, 5) is 16.5. The maximum Gasteiger partial charge on any atom is 0.248 e. The molecule has 1 amide bonds. The van der Waals surface area contributed by atoms with E-state index in [1.165, 1.54) is 24.3 Å². The minimum atomic E-state index is -3.57. The second-order valence-electron chi connectivity index (χ2n) is 6.27. The van der Waals surface area contributed by atoms with Gasteiger partial charge in [0.15, 0.2) is 5.58 Å². The summed E-state index contributed by atoms with van der Waals surface area (Å²) >= 11 is 0. The average molecular weight is 383 g/mol. The fourth-order valence-electron chi connectivity index (χ4n) is 2.52. The molecule has 0 atom stereocenters. The normalized spacial score (nSPS) is 14.7. The van der Waals surface area contributed by atoms with Crippen LogP contribution in [0.2, 0.25) is 0 Å². The van der Waals surface area contributed by atoms with Gasteiger partial charge in [0, 0.05) is 23.9 Å². The van der Waals surface area contributed by atoms with Gasteiger partial charge >= 0.3 is 0 Å². The highest BCUT2D eigenvalue weighted by Crippen LogP contribution is 2.23. The van der Waals surface area contributed by atoms with Crippen LogP contribution in [0.15, 0.2) is 63.9 Å². The third kappa shape index (κ3) is 4.24. The zero-order chi connectivity index (χ0) is 18.9. The molecule has 1 saturated carbocycles. The van der Waals surface area contributed by atoms with E-state index in [2.05, 4.69) is 15.0 Å². The van der Waals surface area contributed by atoms with Crippen molar-refractivity contribution in [3.63, 3.8) is 0 Å². The quantitative estimate of drug-likeness (QED) is 0.637. The molecule has 3 aromatic rings. The molecule has 0 radical (unpaired) electrons. The molecule has 1 aliphatic carbocycles. The van der Waals surface area contributed by atoms with E-state index in [1.807, 2.05) is 18.2 Å². The minimum absolute atomic E-state index is 0.0208. The predicted molar refractivity (Wildman–Crippen MR) is 101 cm³/mol. The summed E-state index contributed by atoms with van der Waals surface area (Å²) in [5.41, 5.74) is 1.73. The highest BCUT2D eigenvalue weighted by molar-refractivity contribution is 7.89. The SMILES string of the molecule is O=C(C=Cc1nc2ccccc2o1)Nc1cccc(S(=O)(=O)NC2CC2)c1. The number of carbonyl (C=O) groups is 1. The third-order valence-electron chi connectivity index (χ3n) is 4.00. The Morgan fingerprint density at radius 1 is 1.15 bits per heavy atom. The molecule has 0 unspecified atom stereocenters. The van der Waals surface area contributed by atoms with Crippen molar-refractivity contribution in [1.29, 1.82) is 0 Å². The topological polar surface area (TPSA) is 101 Å². The van der Waals surface area contributed by atoms with Crippen molar-refractivity contribution >= 4 is 38.8 Å². The molecule has 1 heterocycles. The molecule has 8 heteroatoms. The number of sulfonamides is 1. The van der Waals surface area contributed by atoms with Crippen LogP contribution in [0.3, 0.4) is 0 Å². The Morgan fingerprint density at radius 2 is 1.96 bits per heavy atom. The van der Waals surface area contributed by atoms with Gasteiger partial charge in [-0.25, -0.2) is 18.1 Å². The van der Waals surface area contributed by atoms with E-state index in [0.29, 0.717) is 22.7 Å². The first kappa shape index (κ1) is 17.4. The van der Waals surface area contributed by atoms with Gasteiger partial charge in [-0.15, -0.1) is 0 Å². The highest BCUT2D eigenvalue weighted by atomic mass is 32.2. The first-order chi connectivity index (χ1) is 13.0. The third-order valence-corrected chi connectivity index (χ3v) is 5.52. The Kier molecular flexibility index (Phi) is 4.51. The summed E-state index contributed by atoms with van der Waals surface area (Å²) < 4.78 is 32.6. The van der Waals surface area contributed by atoms with E-state index < -0.39 is 15.9 Å². The summed E-state index contributed by atoms with van der Waals surface area (Å²) in [5, 5.41) is 2.64. The summed E-state index contributed by atoms with van der Waals surface area (Å²) in [5.74, 6) is -0.0988. The van der Waals surface area contributed by atoms with Crippen LogP contribution in [0.1, 0.15) is 18.7 Å². The molecule has 0 aliphatic heterocycles. The summed E-state index contributed by atoms with van der Waals surface area (Å²) in [6, 6.07) is 13.5. The summed E-state index contributed by atoms with van der Waals surface area (Å²) in [6.45, 7) is 0. The van der Waals surface area contributed by atoms with E-state index in [4.69, 9.17) is 4.42 Å². The van der Waals surface area contributed by atoms with Crippen molar-refractivity contribution in [3.05, 3.63) is 60.5 Å². The molecule has 0 saturated heterocycles. The molecule has 2 aromatic carbocycles. The highest BCUT2D eigenvalue weighted by Gasteiger charge is 2.28. The number of hydrogen-bond donors (Lipinski definition) is 2. The number of hydrogen-bond acceptors (Lipinski definition) is 5. The fraction of sp³-hybridized carbons (Fsp3) is 0.158. The molecule has 1 aromatic heterocycles. The zero-order valence-corrected chi connectivity index (χ0v) is 15.1. The largest absolute Gasteiger partial charge is 0.437 e. The number of para-hydroxylation sites is 2. The Bertz CT molecular complexity index is 1100. The van der Waals surface area contributed by atoms with Gasteiger partial charge in [0.2, 0.25) is 21.8 Å². The number of anilines is 1. The lowest BCUT2D eigenvalue weighted by molar-refractivity contribution is -0.111. The molecule has 0 spiro atoms. The number of rotatable bonds is 6. The van der Waals surface area contributed by atoms with Crippen molar-refractivity contribution in [2.24, 2.45) is 0 Å². The van der Waals surface area contributed by atoms with Gasteiger partial charge in [0.1, 0.15) is 5.52 Å². The monoisotopic (exact) mass is 383 g/mol. The molecule has 1 fully saturated rings. The smallest absolute Gasteiger partial charge is 0.248 e. The Morgan fingerprint density at radius 3 is 2.74 bits per heavy atom. The predicted octanol–water partition coefficient (Wildman–Crippen LogP) is 2.92. The standard InChI is InChI=1S/C19H17N3O4S/c23-18(10-11-19-21-16-6-1-2-7-17(16)26-19)20-14-4-3-5-15(12-14)27(24,25)22-13-8-9-13/h1-7,10-13,22H,8-9H2,(H,20,23). The summed E-state index contributed by atoms with van der Waals surface area (Å²) in [7, 11) is -3.57. The Hall–Kier alpha value is -2.97. The molecule has 7 nitrogen and oxygen atoms in total. The fourth-order valence-corrected chi connectivity index (χ4v) is 3.87. The van der Waals surface area contributed by atoms with Gasteiger partial charge in [-0.2, -0.15) is 0 Å².